The van der Waals surface area contributed by atoms with Crippen molar-refractivity contribution in [2.24, 2.45) is 0 Å². The highest BCUT2D eigenvalue weighted by atomic mass is 32.1. The molecular weight excluding hydrogens is 315 g/mol. The summed E-state index contributed by atoms with van der Waals surface area (Å²) in [5.74, 6) is 0. The van der Waals surface area contributed by atoms with Crippen molar-refractivity contribution < 1.29 is 13.2 Å². The maximum Gasteiger partial charge on any atom is 0.416 e. The van der Waals surface area contributed by atoms with Gasteiger partial charge in [0.15, 0.2) is 0 Å². The summed E-state index contributed by atoms with van der Waals surface area (Å²) in [6.45, 7) is 0. The van der Waals surface area contributed by atoms with Crippen LogP contribution in [0.25, 0.3) is 17.1 Å². The van der Waals surface area contributed by atoms with E-state index in [4.69, 9.17) is 0 Å². The summed E-state index contributed by atoms with van der Waals surface area (Å²) in [5.41, 5.74) is 1.17. The quantitative estimate of drug-likeness (QED) is 0.727. The third-order valence-corrected chi connectivity index (χ3v) is 3.54. The Kier molecular flexibility index (Phi) is 3.53. The molecule has 0 spiro atoms. The lowest BCUT2D eigenvalue weighted by Gasteiger charge is -2.06. The number of rotatable bonds is 2. The van der Waals surface area contributed by atoms with Gasteiger partial charge in [-0.2, -0.15) is 22.8 Å². The van der Waals surface area contributed by atoms with Crippen molar-refractivity contribution in [3.8, 4) is 0 Å². The monoisotopic (exact) mass is 323 g/mol. The Hall–Kier alpha value is -2.48. The number of nitrogens with zero attached hydrogens (tertiary/aromatic N) is 3. The van der Waals surface area contributed by atoms with Gasteiger partial charge in [0.2, 0.25) is 4.96 Å². The van der Waals surface area contributed by atoms with Gasteiger partial charge in [-0.25, -0.2) is 4.98 Å². The first-order chi connectivity index (χ1) is 10.4. The first-order valence-electron chi connectivity index (χ1n) is 6.12. The molecule has 112 valence electrons. The van der Waals surface area contributed by atoms with Gasteiger partial charge in [-0.3, -0.25) is 4.79 Å². The van der Waals surface area contributed by atoms with Crippen LogP contribution in [0.1, 0.15) is 16.8 Å². The predicted molar refractivity (Wildman–Crippen MR) is 77.5 cm³/mol. The highest BCUT2D eigenvalue weighted by Crippen LogP contribution is 2.29. The molecule has 2 heterocycles. The number of hydrogen-bond acceptors (Lipinski definition) is 4. The molecular formula is C14H8F3N3OS. The van der Waals surface area contributed by atoms with E-state index in [0.717, 1.165) is 16.6 Å². The molecule has 0 aliphatic carbocycles. The molecule has 2 aromatic heterocycles. The third kappa shape index (κ3) is 2.91. The van der Waals surface area contributed by atoms with Gasteiger partial charge in [-0.15, -0.1) is 0 Å². The van der Waals surface area contributed by atoms with E-state index in [1.165, 1.54) is 41.1 Å². The molecule has 0 saturated heterocycles. The molecule has 0 radical (unpaired) electrons. The predicted octanol–water partition coefficient (Wildman–Crippen LogP) is 3.34. The minimum atomic E-state index is -4.39. The van der Waals surface area contributed by atoms with Crippen LogP contribution in [0.2, 0.25) is 0 Å². The van der Waals surface area contributed by atoms with Gasteiger partial charge in [0.25, 0.3) is 5.56 Å². The Morgan fingerprint density at radius 2 is 2.00 bits per heavy atom. The largest absolute Gasteiger partial charge is 0.416 e. The van der Waals surface area contributed by atoms with E-state index >= 15 is 0 Å². The van der Waals surface area contributed by atoms with Gasteiger partial charge >= 0.3 is 6.18 Å². The lowest BCUT2D eigenvalue weighted by molar-refractivity contribution is -0.137. The molecule has 0 fully saturated rings. The number of alkyl halides is 3. The minimum absolute atomic E-state index is 0.338. The topological polar surface area (TPSA) is 47.3 Å². The average Bonchev–Trinajstić information content (AvgIpc) is 2.93. The van der Waals surface area contributed by atoms with E-state index in [1.807, 2.05) is 0 Å². The lowest BCUT2D eigenvalue weighted by atomic mass is 10.1. The summed E-state index contributed by atoms with van der Waals surface area (Å²) in [6.07, 6.45) is -1.41. The second-order valence-corrected chi connectivity index (χ2v) is 5.22. The molecule has 0 unspecified atom stereocenters. The summed E-state index contributed by atoms with van der Waals surface area (Å²) in [6, 6.07) is 6.19. The van der Waals surface area contributed by atoms with E-state index < -0.39 is 11.7 Å². The molecule has 0 aliphatic rings. The van der Waals surface area contributed by atoms with Crippen LogP contribution < -0.4 is 5.56 Å². The van der Waals surface area contributed by atoms with Crippen molar-refractivity contribution in [2.45, 2.75) is 6.18 Å². The summed E-state index contributed by atoms with van der Waals surface area (Å²) >= 11 is 1.20. The van der Waals surface area contributed by atoms with E-state index in [1.54, 1.807) is 6.07 Å². The van der Waals surface area contributed by atoms with Crippen LogP contribution in [-0.2, 0) is 6.18 Å². The second-order valence-electron chi connectivity index (χ2n) is 4.41. The second kappa shape index (κ2) is 5.38. The van der Waals surface area contributed by atoms with Crippen LogP contribution in [-0.4, -0.2) is 14.6 Å². The van der Waals surface area contributed by atoms with Crippen LogP contribution in [0.4, 0.5) is 13.2 Å². The zero-order valence-corrected chi connectivity index (χ0v) is 11.7. The maximum absolute atomic E-state index is 12.6. The van der Waals surface area contributed by atoms with Gasteiger partial charge in [-0.05, 0) is 23.8 Å². The first kappa shape index (κ1) is 14.5. The molecule has 22 heavy (non-hydrogen) atoms. The number of benzene rings is 1. The Bertz CT molecular complexity index is 911. The Labute approximate surface area is 126 Å². The highest BCUT2D eigenvalue weighted by Gasteiger charge is 2.30. The van der Waals surface area contributed by atoms with Gasteiger partial charge in [0, 0.05) is 6.07 Å². The molecule has 0 saturated carbocycles. The molecule has 4 nitrogen and oxygen atoms in total. The van der Waals surface area contributed by atoms with Crippen LogP contribution in [0.5, 0.6) is 0 Å². The Balaban J connectivity index is 1.94. The van der Waals surface area contributed by atoms with Crippen LogP contribution >= 0.6 is 11.3 Å². The van der Waals surface area contributed by atoms with Crippen LogP contribution in [0.15, 0.2) is 40.6 Å². The lowest BCUT2D eigenvalue weighted by Crippen LogP contribution is -2.13. The number of halogens is 3. The normalized spacial score (nSPS) is 12.3. The van der Waals surface area contributed by atoms with Gasteiger partial charge < -0.3 is 0 Å². The van der Waals surface area contributed by atoms with Gasteiger partial charge in [-0.1, -0.05) is 29.5 Å². The highest BCUT2D eigenvalue weighted by molar-refractivity contribution is 7.14. The van der Waals surface area contributed by atoms with Crippen molar-refractivity contribution >= 4 is 28.4 Å². The third-order valence-electron chi connectivity index (χ3n) is 2.87. The Morgan fingerprint density at radius 1 is 1.18 bits per heavy atom. The zero-order valence-electron chi connectivity index (χ0n) is 10.9. The summed E-state index contributed by atoms with van der Waals surface area (Å²) in [7, 11) is 0. The summed E-state index contributed by atoms with van der Waals surface area (Å²) in [5, 5.41) is 3.83. The summed E-state index contributed by atoms with van der Waals surface area (Å²) in [4.78, 5) is 16.4. The molecule has 0 bridgehead atoms. The molecule has 8 heteroatoms. The van der Waals surface area contributed by atoms with Gasteiger partial charge in [0.05, 0.1) is 11.3 Å². The number of hydrogen-bond donors (Lipinski definition) is 0. The molecule has 0 aliphatic heterocycles. The average molecular weight is 323 g/mol. The zero-order chi connectivity index (χ0) is 15.7. The van der Waals surface area contributed by atoms with Crippen molar-refractivity contribution in [1.29, 1.82) is 0 Å². The fourth-order valence-electron chi connectivity index (χ4n) is 1.86. The SMILES string of the molecule is O=c1cc(/C=C/c2cccc(C(F)(F)F)c2)nc2scnn12. The van der Waals surface area contributed by atoms with Crippen molar-refractivity contribution in [2.75, 3.05) is 0 Å². The van der Waals surface area contributed by atoms with E-state index in [-0.39, 0.29) is 5.56 Å². The van der Waals surface area contributed by atoms with E-state index in [2.05, 4.69) is 10.1 Å². The smallest absolute Gasteiger partial charge is 0.267 e. The molecule has 0 atom stereocenters. The van der Waals surface area contributed by atoms with Crippen LogP contribution in [0, 0.1) is 0 Å². The molecule has 0 N–H and O–H groups in total. The standard InChI is InChI=1S/C14H8F3N3OS/c15-14(16,17)10-3-1-2-9(6-10)4-5-11-7-12(21)20-13(19-11)22-8-18-20/h1-8H/b5-4+. The number of aromatic nitrogens is 3. The molecule has 0 amide bonds. The molecule has 3 aromatic rings. The fraction of sp³-hybridized carbons (Fsp3) is 0.0714. The minimum Gasteiger partial charge on any atom is -0.267 e. The van der Waals surface area contributed by atoms with Crippen molar-refractivity contribution in [1.82, 2.24) is 14.6 Å². The fourth-order valence-corrected chi connectivity index (χ4v) is 2.49. The van der Waals surface area contributed by atoms with Crippen molar-refractivity contribution in [3.63, 3.8) is 0 Å². The van der Waals surface area contributed by atoms with E-state index in [0.29, 0.717) is 16.2 Å². The van der Waals surface area contributed by atoms with Crippen LogP contribution in [0.3, 0.4) is 0 Å². The first-order valence-corrected chi connectivity index (χ1v) is 7.00. The summed E-state index contributed by atoms with van der Waals surface area (Å²) < 4.78 is 39.1. The Morgan fingerprint density at radius 3 is 2.77 bits per heavy atom. The van der Waals surface area contributed by atoms with E-state index in [9.17, 15) is 18.0 Å². The molecule has 3 rings (SSSR count). The number of fused-ring (bicyclic) bond motifs is 1. The van der Waals surface area contributed by atoms with Crippen molar-refractivity contribution in [3.05, 3.63) is 63.0 Å². The maximum atomic E-state index is 12.6. The van der Waals surface area contributed by atoms with Gasteiger partial charge in [0.1, 0.15) is 5.51 Å². The molecule has 1 aromatic carbocycles.